The van der Waals surface area contributed by atoms with Gasteiger partial charge in [0.15, 0.2) is 0 Å². The van der Waals surface area contributed by atoms with Crippen LogP contribution in [0.1, 0.15) is 44.3 Å². The lowest BCUT2D eigenvalue weighted by molar-refractivity contribution is -0.173. The summed E-state index contributed by atoms with van der Waals surface area (Å²) in [5.41, 5.74) is 1.78. The van der Waals surface area contributed by atoms with E-state index in [2.05, 4.69) is 13.5 Å². The molecule has 1 fully saturated rings. The maximum absolute atomic E-state index is 12.8. The standard InChI is InChI=1S/C21H24O5/c1-14-7-8-17-20(23)26-18(15-9-11-25-13-15)12-21(17,2)10-5-4-6-16(14)19(22)24-3/h4-6,9,11,13,17-18H,1,7-8,10,12H2,2-3H3/b5-4-,16-6?/t17-,18-,21-/m0/s1. The zero-order chi connectivity index (χ0) is 18.7. The fraction of sp³-hybridized carbons (Fsp3) is 0.429. The van der Waals surface area contributed by atoms with Crippen LogP contribution in [0.2, 0.25) is 0 Å². The second-order valence-electron chi connectivity index (χ2n) is 7.24. The Morgan fingerprint density at radius 3 is 2.92 bits per heavy atom. The Morgan fingerprint density at radius 1 is 1.42 bits per heavy atom. The van der Waals surface area contributed by atoms with Gasteiger partial charge in [0.1, 0.15) is 6.10 Å². The van der Waals surface area contributed by atoms with Crippen molar-refractivity contribution >= 4 is 11.9 Å². The van der Waals surface area contributed by atoms with E-state index in [1.807, 2.05) is 18.2 Å². The van der Waals surface area contributed by atoms with Crippen LogP contribution in [0.5, 0.6) is 0 Å². The molecule has 138 valence electrons. The first kappa shape index (κ1) is 18.2. The number of ether oxygens (including phenoxy) is 2. The largest absolute Gasteiger partial charge is 0.472 e. The molecule has 1 aliphatic heterocycles. The number of fused-ring (bicyclic) bond motifs is 1. The predicted octanol–water partition coefficient (Wildman–Crippen LogP) is 4.29. The fourth-order valence-corrected chi connectivity index (χ4v) is 3.85. The Morgan fingerprint density at radius 2 is 2.23 bits per heavy atom. The average molecular weight is 356 g/mol. The molecule has 2 aliphatic rings. The summed E-state index contributed by atoms with van der Waals surface area (Å²) in [6.07, 6.45) is 11.1. The minimum absolute atomic E-state index is 0.199. The molecule has 1 aromatic rings. The predicted molar refractivity (Wildman–Crippen MR) is 96.0 cm³/mol. The molecule has 1 aromatic heterocycles. The third-order valence-corrected chi connectivity index (χ3v) is 5.46. The second kappa shape index (κ2) is 7.36. The van der Waals surface area contributed by atoms with E-state index < -0.39 is 5.97 Å². The highest BCUT2D eigenvalue weighted by molar-refractivity contribution is 5.93. The number of carbonyl (C=O) groups is 2. The van der Waals surface area contributed by atoms with E-state index in [0.29, 0.717) is 24.0 Å². The summed E-state index contributed by atoms with van der Waals surface area (Å²) in [7, 11) is 1.35. The molecule has 0 N–H and O–H groups in total. The zero-order valence-corrected chi connectivity index (χ0v) is 15.2. The molecular formula is C21H24O5. The lowest BCUT2D eigenvalue weighted by Gasteiger charge is -2.43. The summed E-state index contributed by atoms with van der Waals surface area (Å²) < 4.78 is 15.7. The van der Waals surface area contributed by atoms with Crippen molar-refractivity contribution in [2.24, 2.45) is 11.3 Å². The van der Waals surface area contributed by atoms with Crippen LogP contribution in [0, 0.1) is 11.3 Å². The first-order valence-electron chi connectivity index (χ1n) is 8.80. The van der Waals surface area contributed by atoms with Gasteiger partial charge in [-0.05, 0) is 48.8 Å². The van der Waals surface area contributed by atoms with E-state index >= 15 is 0 Å². The smallest absolute Gasteiger partial charge is 0.338 e. The molecule has 0 spiro atoms. The van der Waals surface area contributed by atoms with Crippen molar-refractivity contribution in [3.8, 4) is 0 Å². The number of hydrogen-bond donors (Lipinski definition) is 0. The Balaban J connectivity index is 1.88. The molecule has 0 saturated carbocycles. The van der Waals surface area contributed by atoms with Gasteiger partial charge < -0.3 is 13.9 Å². The van der Waals surface area contributed by atoms with Gasteiger partial charge in [-0.15, -0.1) is 0 Å². The van der Waals surface area contributed by atoms with E-state index in [0.717, 1.165) is 18.4 Å². The van der Waals surface area contributed by atoms with Crippen LogP contribution >= 0.6 is 0 Å². The minimum Gasteiger partial charge on any atom is -0.472 e. The maximum atomic E-state index is 12.8. The SMILES string of the molecule is C=C1CC[C@H]2C(=O)O[C@H](c3ccoc3)C[C@]2(C)C/C=C\C=C1C(=O)OC. The number of hydrogen-bond acceptors (Lipinski definition) is 5. The molecule has 3 rings (SSSR count). The molecule has 0 radical (unpaired) electrons. The topological polar surface area (TPSA) is 65.7 Å². The molecule has 0 amide bonds. The molecule has 0 unspecified atom stereocenters. The molecule has 1 aliphatic carbocycles. The van der Waals surface area contributed by atoms with Crippen LogP contribution < -0.4 is 0 Å². The molecule has 3 atom stereocenters. The van der Waals surface area contributed by atoms with E-state index in [9.17, 15) is 9.59 Å². The number of rotatable bonds is 2. The minimum atomic E-state index is -0.408. The van der Waals surface area contributed by atoms with Gasteiger partial charge in [-0.2, -0.15) is 0 Å². The van der Waals surface area contributed by atoms with Crippen molar-refractivity contribution < 1.29 is 23.5 Å². The van der Waals surface area contributed by atoms with Gasteiger partial charge >= 0.3 is 11.9 Å². The van der Waals surface area contributed by atoms with Gasteiger partial charge in [0.05, 0.1) is 31.1 Å². The Bertz CT molecular complexity index is 755. The first-order valence-corrected chi connectivity index (χ1v) is 8.80. The number of allylic oxidation sites excluding steroid dienone is 3. The number of cyclic esters (lactones) is 1. The molecule has 2 heterocycles. The van der Waals surface area contributed by atoms with Crippen molar-refractivity contribution in [2.45, 2.75) is 38.7 Å². The van der Waals surface area contributed by atoms with Gasteiger partial charge in [-0.3, -0.25) is 4.79 Å². The van der Waals surface area contributed by atoms with Gasteiger partial charge in [0, 0.05) is 5.56 Å². The van der Waals surface area contributed by atoms with Crippen molar-refractivity contribution in [2.75, 3.05) is 7.11 Å². The third kappa shape index (κ3) is 3.52. The van der Waals surface area contributed by atoms with Crippen LogP contribution in [0.4, 0.5) is 0 Å². The first-order chi connectivity index (χ1) is 12.4. The molecule has 26 heavy (non-hydrogen) atoms. The third-order valence-electron chi connectivity index (χ3n) is 5.46. The number of methoxy groups -OCH3 is 1. The number of esters is 2. The Labute approximate surface area is 153 Å². The summed E-state index contributed by atoms with van der Waals surface area (Å²) in [6, 6.07) is 1.84. The summed E-state index contributed by atoms with van der Waals surface area (Å²) in [4.78, 5) is 24.7. The molecule has 5 heteroatoms. The monoisotopic (exact) mass is 356 g/mol. The van der Waals surface area contributed by atoms with E-state index in [-0.39, 0.29) is 23.4 Å². The van der Waals surface area contributed by atoms with Crippen LogP contribution in [-0.4, -0.2) is 19.0 Å². The van der Waals surface area contributed by atoms with Crippen LogP contribution in [0.25, 0.3) is 0 Å². The van der Waals surface area contributed by atoms with Crippen molar-refractivity contribution in [3.05, 3.63) is 60.1 Å². The molecule has 1 saturated heterocycles. The number of carbonyl (C=O) groups excluding carboxylic acids is 2. The second-order valence-corrected chi connectivity index (χ2v) is 7.24. The highest BCUT2D eigenvalue weighted by Gasteiger charge is 2.46. The van der Waals surface area contributed by atoms with Gasteiger partial charge in [0.2, 0.25) is 0 Å². The van der Waals surface area contributed by atoms with Gasteiger partial charge in [0.25, 0.3) is 0 Å². The lowest BCUT2D eigenvalue weighted by atomic mass is 9.66. The highest BCUT2D eigenvalue weighted by atomic mass is 16.5. The van der Waals surface area contributed by atoms with Crippen molar-refractivity contribution in [3.63, 3.8) is 0 Å². The normalized spacial score (nSPS) is 30.6. The number of furan rings is 1. The fourth-order valence-electron chi connectivity index (χ4n) is 3.85. The highest BCUT2D eigenvalue weighted by Crippen LogP contribution is 2.49. The zero-order valence-electron chi connectivity index (χ0n) is 15.2. The molecule has 0 bridgehead atoms. The molecular weight excluding hydrogens is 332 g/mol. The van der Waals surface area contributed by atoms with Gasteiger partial charge in [-0.1, -0.05) is 25.7 Å². The van der Waals surface area contributed by atoms with E-state index in [1.165, 1.54) is 7.11 Å². The summed E-state index contributed by atoms with van der Waals surface area (Å²) >= 11 is 0. The van der Waals surface area contributed by atoms with Crippen molar-refractivity contribution in [1.29, 1.82) is 0 Å². The van der Waals surface area contributed by atoms with E-state index in [4.69, 9.17) is 13.9 Å². The van der Waals surface area contributed by atoms with Crippen LogP contribution in [0.15, 0.2) is 59.0 Å². The quantitative estimate of drug-likeness (QED) is 0.740. The molecule has 5 nitrogen and oxygen atoms in total. The molecule has 0 aromatic carbocycles. The Hall–Kier alpha value is -2.56. The summed E-state index contributed by atoms with van der Waals surface area (Å²) in [5, 5.41) is 0. The van der Waals surface area contributed by atoms with Gasteiger partial charge in [-0.25, -0.2) is 4.79 Å². The van der Waals surface area contributed by atoms with Crippen LogP contribution in [-0.2, 0) is 19.1 Å². The van der Waals surface area contributed by atoms with Crippen LogP contribution in [0.3, 0.4) is 0 Å². The summed E-state index contributed by atoms with van der Waals surface area (Å²) in [5.74, 6) is -0.853. The van der Waals surface area contributed by atoms with Crippen molar-refractivity contribution in [1.82, 2.24) is 0 Å². The Kier molecular flexibility index (Phi) is 5.16. The maximum Gasteiger partial charge on any atom is 0.338 e. The lowest BCUT2D eigenvalue weighted by Crippen LogP contribution is -2.41. The average Bonchev–Trinajstić information content (AvgIpc) is 3.14. The van der Waals surface area contributed by atoms with E-state index in [1.54, 1.807) is 18.6 Å². The summed E-state index contributed by atoms with van der Waals surface area (Å²) in [6.45, 7) is 6.14.